The molecule has 3 rings (SSSR count). The zero-order valence-corrected chi connectivity index (χ0v) is 16.5. The molecular formula is C20H18N5O4S+. The lowest BCUT2D eigenvalue weighted by Crippen LogP contribution is -2.15. The minimum Gasteiger partial charge on any atom is -0.380 e. The molecule has 0 saturated carbocycles. The molecule has 0 aliphatic rings. The average molecular weight is 424 g/mol. The second-order valence-corrected chi connectivity index (χ2v) is 6.87. The molecule has 0 bridgehead atoms. The third-order valence-corrected chi connectivity index (χ3v) is 4.68. The first-order valence-electron chi connectivity index (χ1n) is 8.84. The maximum atomic E-state index is 11.8. The summed E-state index contributed by atoms with van der Waals surface area (Å²) in [5, 5.41) is 17.2. The highest BCUT2D eigenvalue weighted by Crippen LogP contribution is 2.23. The first-order chi connectivity index (χ1) is 14.5. The van der Waals surface area contributed by atoms with E-state index in [1.807, 2.05) is 24.3 Å². The van der Waals surface area contributed by atoms with Crippen LogP contribution in [0.5, 0.6) is 0 Å². The van der Waals surface area contributed by atoms with E-state index in [2.05, 4.69) is 15.6 Å². The maximum absolute atomic E-state index is 11.8. The van der Waals surface area contributed by atoms with Crippen molar-refractivity contribution in [2.24, 2.45) is 5.73 Å². The second-order valence-electron chi connectivity index (χ2n) is 6.34. The van der Waals surface area contributed by atoms with Crippen LogP contribution in [0.15, 0.2) is 60.8 Å². The number of nitrogens with one attached hydrogen (secondary N) is 2. The molecule has 1 heterocycles. The van der Waals surface area contributed by atoms with Gasteiger partial charge >= 0.3 is 11.7 Å². The van der Waals surface area contributed by atoms with Gasteiger partial charge in [0, 0.05) is 46.4 Å². The van der Waals surface area contributed by atoms with Gasteiger partial charge in [-0.25, -0.2) is 4.98 Å². The minimum atomic E-state index is -0.643. The molecule has 10 heteroatoms. The van der Waals surface area contributed by atoms with E-state index in [-0.39, 0.29) is 17.8 Å². The van der Waals surface area contributed by atoms with Crippen molar-refractivity contribution in [2.75, 3.05) is 10.6 Å². The summed E-state index contributed by atoms with van der Waals surface area (Å²) in [4.78, 5) is 26.4. The van der Waals surface area contributed by atoms with Gasteiger partial charge in [0.1, 0.15) is 5.82 Å². The number of carbonyl (C=O) groups excluding carboxylic acids is 1. The number of aromatic nitrogens is 1. The monoisotopic (exact) mass is 424 g/mol. The number of nitrogens with two attached hydrogens (primary N) is 1. The maximum Gasteiger partial charge on any atom is 0.463 e. The van der Waals surface area contributed by atoms with Crippen LogP contribution in [-0.2, 0) is 28.2 Å². The number of non-ortho nitro benzene ring substituents is 1. The SMILES string of the molecule is NC(=O)c1cnc(Nc2ccc(C[S+]=O)cc2)cc1NCc1cccc([N+](=O)[O-])c1. The Bertz CT molecular complexity index is 1090. The van der Waals surface area contributed by atoms with Crippen molar-refractivity contribution in [3.8, 4) is 0 Å². The van der Waals surface area contributed by atoms with Gasteiger partial charge in [-0.05, 0) is 17.7 Å². The topological polar surface area (TPSA) is 140 Å². The number of hydrogen-bond donors (Lipinski definition) is 3. The molecule has 30 heavy (non-hydrogen) atoms. The Hall–Kier alpha value is -3.92. The fraction of sp³-hybridized carbons (Fsp3) is 0.100. The Kier molecular flexibility index (Phi) is 6.60. The molecule has 1 aromatic heterocycles. The average Bonchev–Trinajstić information content (AvgIpc) is 2.74. The normalized spacial score (nSPS) is 10.3. The molecular weight excluding hydrogens is 406 g/mol. The van der Waals surface area contributed by atoms with Crippen molar-refractivity contribution in [3.05, 3.63) is 87.6 Å². The van der Waals surface area contributed by atoms with Crippen molar-refractivity contribution >= 4 is 40.5 Å². The number of anilines is 3. The molecule has 9 nitrogen and oxygen atoms in total. The Labute approximate surface area is 176 Å². The smallest absolute Gasteiger partial charge is 0.380 e. The fourth-order valence-electron chi connectivity index (χ4n) is 2.74. The zero-order chi connectivity index (χ0) is 21.5. The van der Waals surface area contributed by atoms with Gasteiger partial charge < -0.3 is 16.4 Å². The van der Waals surface area contributed by atoms with Gasteiger partial charge in [0.15, 0.2) is 0 Å². The van der Waals surface area contributed by atoms with E-state index in [1.165, 1.54) is 18.3 Å². The molecule has 4 N–H and O–H groups in total. The predicted octanol–water partition coefficient (Wildman–Crippen LogP) is 3.37. The zero-order valence-electron chi connectivity index (χ0n) is 15.7. The van der Waals surface area contributed by atoms with E-state index in [1.54, 1.807) is 18.2 Å². The number of amides is 1. The molecule has 2 aromatic carbocycles. The molecule has 0 atom stereocenters. The fourth-order valence-corrected chi connectivity index (χ4v) is 3.07. The molecule has 0 spiro atoms. The lowest BCUT2D eigenvalue weighted by Gasteiger charge is -2.13. The van der Waals surface area contributed by atoms with Crippen LogP contribution in [0.1, 0.15) is 21.5 Å². The summed E-state index contributed by atoms with van der Waals surface area (Å²) in [6.07, 6.45) is 1.36. The Balaban J connectivity index is 1.79. The van der Waals surface area contributed by atoms with Gasteiger partial charge in [-0.15, -0.1) is 0 Å². The van der Waals surface area contributed by atoms with Crippen LogP contribution in [0.3, 0.4) is 0 Å². The number of benzene rings is 2. The van der Waals surface area contributed by atoms with Crippen molar-refractivity contribution in [1.82, 2.24) is 4.98 Å². The van der Waals surface area contributed by atoms with Crippen molar-refractivity contribution in [2.45, 2.75) is 12.3 Å². The Morgan fingerprint density at radius 3 is 2.57 bits per heavy atom. The summed E-state index contributed by atoms with van der Waals surface area (Å²) in [5.41, 5.74) is 8.43. The highest BCUT2D eigenvalue weighted by Gasteiger charge is 2.12. The summed E-state index contributed by atoms with van der Waals surface area (Å²) in [5.74, 6) is 0.222. The first-order valence-corrected chi connectivity index (χ1v) is 9.75. The van der Waals surface area contributed by atoms with E-state index in [0.717, 1.165) is 11.3 Å². The second kappa shape index (κ2) is 9.52. The van der Waals surface area contributed by atoms with Gasteiger partial charge in [-0.2, -0.15) is 0 Å². The number of nitro benzene ring substituents is 1. The van der Waals surface area contributed by atoms with E-state index >= 15 is 0 Å². The molecule has 0 unspecified atom stereocenters. The predicted molar refractivity (Wildman–Crippen MR) is 115 cm³/mol. The summed E-state index contributed by atoms with van der Waals surface area (Å²) < 4.78 is 10.6. The standard InChI is InChI=1S/C20H17N5O4S/c21-20(26)17-11-23-19(24-15-6-4-13(5-7-15)12-30-29)9-18(17)22-10-14-2-1-3-16(8-14)25(27)28/h1-9,11H,10,12H2,(H3-,21,22,23,24,26)/p+1. The van der Waals surface area contributed by atoms with E-state index in [0.29, 0.717) is 34.5 Å². The largest absolute Gasteiger partial charge is 0.463 e. The van der Waals surface area contributed by atoms with E-state index in [4.69, 9.17) is 5.73 Å². The molecule has 0 fully saturated rings. The van der Waals surface area contributed by atoms with Crippen LogP contribution in [0, 0.1) is 10.1 Å². The van der Waals surface area contributed by atoms with Crippen LogP contribution in [-0.4, -0.2) is 15.8 Å². The molecule has 0 radical (unpaired) electrons. The Morgan fingerprint density at radius 1 is 1.13 bits per heavy atom. The lowest BCUT2D eigenvalue weighted by atomic mass is 10.1. The summed E-state index contributed by atoms with van der Waals surface area (Å²) >= 11 is 0.505. The molecule has 1 amide bonds. The third kappa shape index (κ3) is 5.32. The first kappa shape index (κ1) is 20.8. The van der Waals surface area contributed by atoms with Crippen LogP contribution in [0.2, 0.25) is 0 Å². The summed E-state index contributed by atoms with van der Waals surface area (Å²) in [6.45, 7) is 0.257. The van der Waals surface area contributed by atoms with Crippen LogP contribution < -0.4 is 16.4 Å². The van der Waals surface area contributed by atoms with Crippen molar-refractivity contribution in [1.29, 1.82) is 0 Å². The number of nitro groups is 1. The number of pyridine rings is 1. The van der Waals surface area contributed by atoms with E-state index < -0.39 is 10.8 Å². The van der Waals surface area contributed by atoms with Crippen molar-refractivity contribution in [3.63, 3.8) is 0 Å². The number of carbonyl (C=O) groups is 1. The number of primary amides is 1. The van der Waals surface area contributed by atoms with Gasteiger partial charge in [-0.3, -0.25) is 14.9 Å². The van der Waals surface area contributed by atoms with Gasteiger partial charge in [-0.1, -0.05) is 24.3 Å². The number of nitrogens with zero attached hydrogens (tertiary/aromatic N) is 2. The quantitative estimate of drug-likeness (QED) is 0.272. The molecule has 0 aliphatic carbocycles. The molecule has 3 aromatic rings. The van der Waals surface area contributed by atoms with Crippen LogP contribution in [0.25, 0.3) is 0 Å². The van der Waals surface area contributed by atoms with E-state index in [9.17, 15) is 19.1 Å². The summed E-state index contributed by atoms with van der Waals surface area (Å²) in [6, 6.07) is 15.2. The molecule has 0 aliphatic heterocycles. The molecule has 152 valence electrons. The third-order valence-electron chi connectivity index (χ3n) is 4.23. The summed E-state index contributed by atoms with van der Waals surface area (Å²) in [7, 11) is 0. The van der Waals surface area contributed by atoms with Crippen LogP contribution >= 0.6 is 0 Å². The van der Waals surface area contributed by atoms with Gasteiger partial charge in [0.2, 0.25) is 0 Å². The lowest BCUT2D eigenvalue weighted by molar-refractivity contribution is -0.384. The highest BCUT2D eigenvalue weighted by atomic mass is 32.1. The van der Waals surface area contributed by atoms with Gasteiger partial charge in [0.05, 0.1) is 16.2 Å². The minimum absolute atomic E-state index is 0.0136. The van der Waals surface area contributed by atoms with Crippen LogP contribution in [0.4, 0.5) is 22.9 Å². The van der Waals surface area contributed by atoms with Gasteiger partial charge in [0.25, 0.3) is 17.3 Å². The van der Waals surface area contributed by atoms with Crippen molar-refractivity contribution < 1.29 is 13.9 Å². The molecule has 0 saturated heterocycles. The Morgan fingerprint density at radius 2 is 1.90 bits per heavy atom. The number of hydrogen-bond acceptors (Lipinski definition) is 7. The number of rotatable bonds is 9. The highest BCUT2D eigenvalue weighted by molar-refractivity contribution is 7.64.